The normalized spacial score (nSPS) is 15.5. The summed E-state index contributed by atoms with van der Waals surface area (Å²) in [6.07, 6.45) is 5.36. The second-order valence-corrected chi connectivity index (χ2v) is 10.0. The van der Waals surface area contributed by atoms with Crippen LogP contribution in [0.25, 0.3) is 17.1 Å². The van der Waals surface area contributed by atoms with Gasteiger partial charge in [0.25, 0.3) is 0 Å². The number of rotatable bonds is 6. The quantitative estimate of drug-likeness (QED) is 0.353. The Labute approximate surface area is 201 Å². The number of aryl methyl sites for hydroxylation is 1. The zero-order valence-corrected chi connectivity index (χ0v) is 20.3. The molecule has 0 aliphatic carbocycles. The number of fused-ring (bicyclic) bond motifs is 1. The smallest absolute Gasteiger partial charge is 0.233 e. The van der Waals surface area contributed by atoms with Crippen LogP contribution in [0.4, 0.5) is 0 Å². The number of nitrogens with zero attached hydrogens (tertiary/aromatic N) is 5. The fourth-order valence-electron chi connectivity index (χ4n) is 4.32. The molecule has 3 aromatic heterocycles. The Bertz CT molecular complexity index is 1250. The maximum atomic E-state index is 13.3. The van der Waals surface area contributed by atoms with Gasteiger partial charge in [-0.05, 0) is 61.0 Å². The lowest BCUT2D eigenvalue weighted by molar-refractivity contribution is -0.131. The minimum absolute atomic E-state index is 0.146. The Balaban J connectivity index is 1.41. The van der Waals surface area contributed by atoms with Crippen LogP contribution in [0.15, 0.2) is 65.4 Å². The highest BCUT2D eigenvalue weighted by molar-refractivity contribution is 7.99. The van der Waals surface area contributed by atoms with Crippen molar-refractivity contribution < 1.29 is 4.79 Å². The van der Waals surface area contributed by atoms with E-state index in [0.717, 1.165) is 36.5 Å². The van der Waals surface area contributed by atoms with Crippen LogP contribution in [-0.4, -0.2) is 42.9 Å². The average Bonchev–Trinajstić information content (AvgIpc) is 3.50. The van der Waals surface area contributed by atoms with Gasteiger partial charge >= 0.3 is 0 Å². The van der Waals surface area contributed by atoms with E-state index in [1.165, 1.54) is 27.8 Å². The fourth-order valence-corrected chi connectivity index (χ4v) is 6.09. The summed E-state index contributed by atoms with van der Waals surface area (Å²) in [6.45, 7) is 4.99. The summed E-state index contributed by atoms with van der Waals surface area (Å²) in [6, 6.07) is 14.5. The molecule has 5 rings (SSSR count). The van der Waals surface area contributed by atoms with Gasteiger partial charge in [0.15, 0.2) is 11.0 Å². The maximum Gasteiger partial charge on any atom is 0.233 e. The third-order valence-corrected chi connectivity index (χ3v) is 7.90. The third-order valence-electron chi connectivity index (χ3n) is 5.99. The molecule has 4 heterocycles. The molecule has 33 heavy (non-hydrogen) atoms. The van der Waals surface area contributed by atoms with E-state index in [4.69, 9.17) is 0 Å². The molecule has 0 radical (unpaired) electrons. The second kappa shape index (κ2) is 9.49. The van der Waals surface area contributed by atoms with Crippen molar-refractivity contribution in [2.75, 3.05) is 12.3 Å². The monoisotopic (exact) mass is 475 g/mol. The lowest BCUT2D eigenvalue weighted by Crippen LogP contribution is -2.40. The van der Waals surface area contributed by atoms with E-state index in [2.05, 4.69) is 64.7 Å². The Kier molecular flexibility index (Phi) is 6.28. The summed E-state index contributed by atoms with van der Waals surface area (Å²) in [7, 11) is 0. The van der Waals surface area contributed by atoms with Crippen LogP contribution in [0.3, 0.4) is 0 Å². The van der Waals surface area contributed by atoms with Crippen molar-refractivity contribution >= 4 is 29.0 Å². The van der Waals surface area contributed by atoms with Gasteiger partial charge in [0, 0.05) is 35.1 Å². The van der Waals surface area contributed by atoms with Gasteiger partial charge in [-0.25, -0.2) is 0 Å². The molecule has 1 atom stereocenters. The number of benzene rings is 1. The molecule has 0 saturated carbocycles. The highest BCUT2D eigenvalue weighted by Crippen LogP contribution is 2.36. The van der Waals surface area contributed by atoms with Crippen molar-refractivity contribution in [3.63, 3.8) is 0 Å². The molecule has 1 aromatic carbocycles. The second-order valence-electron chi connectivity index (χ2n) is 8.06. The SMILES string of the molecule is CCC1c2ccsc2CCN1C(=O)CSc1nnc(-c2ccncc2)n1-c1ccc(C)cc1. The zero-order valence-electron chi connectivity index (χ0n) is 18.6. The molecule has 1 aliphatic rings. The molecule has 0 saturated heterocycles. The highest BCUT2D eigenvalue weighted by Gasteiger charge is 2.30. The number of hydrogen-bond acceptors (Lipinski definition) is 6. The predicted octanol–water partition coefficient (Wildman–Crippen LogP) is 5.33. The average molecular weight is 476 g/mol. The number of amides is 1. The first kappa shape index (κ1) is 21.9. The van der Waals surface area contributed by atoms with Crippen molar-refractivity contribution in [3.05, 3.63) is 76.2 Å². The van der Waals surface area contributed by atoms with E-state index >= 15 is 0 Å². The summed E-state index contributed by atoms with van der Waals surface area (Å²) in [4.78, 5) is 20.9. The molecule has 1 aliphatic heterocycles. The third kappa shape index (κ3) is 4.32. The van der Waals surface area contributed by atoms with E-state index in [0.29, 0.717) is 10.9 Å². The van der Waals surface area contributed by atoms with Crippen molar-refractivity contribution in [1.82, 2.24) is 24.6 Å². The first-order valence-electron chi connectivity index (χ1n) is 11.1. The molecule has 0 fully saturated rings. The number of pyridine rings is 1. The number of hydrogen-bond donors (Lipinski definition) is 0. The maximum absolute atomic E-state index is 13.3. The zero-order chi connectivity index (χ0) is 22.8. The molecule has 1 unspecified atom stereocenters. The Morgan fingerprint density at radius 2 is 1.91 bits per heavy atom. The van der Waals surface area contributed by atoms with E-state index in [1.54, 1.807) is 23.7 Å². The number of thioether (sulfide) groups is 1. The summed E-state index contributed by atoms with van der Waals surface area (Å²) in [5, 5.41) is 11.8. The van der Waals surface area contributed by atoms with E-state index in [9.17, 15) is 4.79 Å². The molecular weight excluding hydrogens is 450 g/mol. The lowest BCUT2D eigenvalue weighted by Gasteiger charge is -2.35. The van der Waals surface area contributed by atoms with Gasteiger partial charge in [0.05, 0.1) is 11.8 Å². The van der Waals surface area contributed by atoms with Crippen LogP contribution in [0.1, 0.15) is 35.4 Å². The minimum Gasteiger partial charge on any atom is -0.335 e. The van der Waals surface area contributed by atoms with Gasteiger partial charge in [0.1, 0.15) is 0 Å². The van der Waals surface area contributed by atoms with Gasteiger partial charge in [-0.1, -0.05) is 36.4 Å². The molecule has 1 amide bonds. The van der Waals surface area contributed by atoms with Gasteiger partial charge < -0.3 is 4.90 Å². The van der Waals surface area contributed by atoms with E-state index < -0.39 is 0 Å². The molecule has 0 spiro atoms. The molecule has 168 valence electrons. The molecule has 6 nitrogen and oxygen atoms in total. The highest BCUT2D eigenvalue weighted by atomic mass is 32.2. The number of thiophene rings is 1. The van der Waals surface area contributed by atoms with Crippen LogP contribution in [0.2, 0.25) is 0 Å². The van der Waals surface area contributed by atoms with Gasteiger partial charge in [0.2, 0.25) is 5.91 Å². The number of carbonyl (C=O) groups is 1. The molecule has 0 N–H and O–H groups in total. The standard InChI is InChI=1S/C25H25N5OS2/c1-3-21-20-11-15-32-22(20)10-14-29(21)23(31)16-33-25-28-27-24(18-8-12-26-13-9-18)30(25)19-6-4-17(2)5-7-19/h4-9,11-13,15,21H,3,10,14,16H2,1-2H3. The minimum atomic E-state index is 0.146. The van der Waals surface area contributed by atoms with Crippen LogP contribution in [0, 0.1) is 6.92 Å². The predicted molar refractivity (Wildman–Crippen MR) is 133 cm³/mol. The van der Waals surface area contributed by atoms with Crippen LogP contribution < -0.4 is 0 Å². The molecule has 4 aromatic rings. The molecule has 0 bridgehead atoms. The summed E-state index contributed by atoms with van der Waals surface area (Å²) in [5.41, 5.74) is 4.41. The van der Waals surface area contributed by atoms with Crippen molar-refractivity contribution in [2.24, 2.45) is 0 Å². The van der Waals surface area contributed by atoms with E-state index in [-0.39, 0.29) is 11.9 Å². The fraction of sp³-hybridized carbons (Fsp3) is 0.280. The number of aromatic nitrogens is 4. The van der Waals surface area contributed by atoms with Gasteiger partial charge in [-0.3, -0.25) is 14.3 Å². The Morgan fingerprint density at radius 1 is 1.12 bits per heavy atom. The molecular formula is C25H25N5OS2. The Hall–Kier alpha value is -2.97. The van der Waals surface area contributed by atoms with Crippen LogP contribution >= 0.6 is 23.1 Å². The van der Waals surface area contributed by atoms with Crippen LogP contribution in [0.5, 0.6) is 0 Å². The molecule has 8 heteroatoms. The van der Waals surface area contributed by atoms with Crippen LogP contribution in [-0.2, 0) is 11.2 Å². The van der Waals surface area contributed by atoms with E-state index in [1.807, 2.05) is 21.6 Å². The van der Waals surface area contributed by atoms with Crippen molar-refractivity contribution in [1.29, 1.82) is 0 Å². The van der Waals surface area contributed by atoms with Gasteiger partial charge in [-0.15, -0.1) is 21.5 Å². The van der Waals surface area contributed by atoms with Gasteiger partial charge in [-0.2, -0.15) is 0 Å². The first-order chi connectivity index (χ1) is 16.2. The summed E-state index contributed by atoms with van der Waals surface area (Å²) >= 11 is 3.24. The first-order valence-corrected chi connectivity index (χ1v) is 12.9. The number of carbonyl (C=O) groups excluding carboxylic acids is 1. The lowest BCUT2D eigenvalue weighted by atomic mass is 9.98. The summed E-state index contributed by atoms with van der Waals surface area (Å²) in [5.74, 6) is 1.21. The Morgan fingerprint density at radius 3 is 2.67 bits per heavy atom. The topological polar surface area (TPSA) is 63.9 Å². The van der Waals surface area contributed by atoms with Crippen molar-refractivity contribution in [2.45, 2.75) is 37.9 Å². The largest absolute Gasteiger partial charge is 0.335 e. The van der Waals surface area contributed by atoms with Crippen molar-refractivity contribution in [3.8, 4) is 17.1 Å². The summed E-state index contributed by atoms with van der Waals surface area (Å²) < 4.78 is 2.03.